The molecule has 0 unspecified atom stereocenters. The highest BCUT2D eigenvalue weighted by Gasteiger charge is 2.33. The normalized spacial score (nSPS) is 12.0. The summed E-state index contributed by atoms with van der Waals surface area (Å²) >= 11 is 0. The van der Waals surface area contributed by atoms with E-state index in [1.807, 2.05) is 0 Å². The molecule has 12 aromatic carbocycles. The fraction of sp³-hybridized carbons (Fsp3) is 0. The topological polar surface area (TPSA) is 0 Å². The molecule has 0 bridgehead atoms. The van der Waals surface area contributed by atoms with Crippen molar-refractivity contribution in [3.8, 4) is 55.6 Å². The Morgan fingerprint density at radius 1 is 0.0667 bits per heavy atom. The molecule has 34 heteroatoms. The summed E-state index contributed by atoms with van der Waals surface area (Å²) in [6, 6.07) is 0. The van der Waals surface area contributed by atoms with Crippen molar-refractivity contribution in [1.82, 2.24) is 0 Å². The van der Waals surface area contributed by atoms with Crippen molar-refractivity contribution in [2.45, 2.75) is 0 Å². The molecule has 0 atom stereocenters. The minimum atomic E-state index is -0.329. The first kappa shape index (κ1) is 65.0. The molecule has 0 amide bonds. The Bertz CT molecular complexity index is 5370. The van der Waals surface area contributed by atoms with Gasteiger partial charge in [0.2, 0.25) is 0 Å². The molecule has 12 rings (SSSR count). The van der Waals surface area contributed by atoms with Crippen LogP contribution in [0.3, 0.4) is 0 Å². The van der Waals surface area contributed by atoms with Crippen LogP contribution in [0.5, 0.6) is 0 Å². The summed E-state index contributed by atoms with van der Waals surface area (Å²) in [7, 11) is 234. The average Bonchev–Trinajstić information content (AvgIpc) is 0.692. The maximum atomic E-state index is 7.35. The fourth-order valence-corrected chi connectivity index (χ4v) is 13.5. The molecule has 0 nitrogen and oxygen atoms in total. The minimum absolute atomic E-state index is 0.00293. The van der Waals surface area contributed by atoms with Gasteiger partial charge in [0, 0.05) is 0 Å². The first-order chi connectivity index (χ1) is 42.0. The molecule has 0 saturated carbocycles. The van der Waals surface area contributed by atoms with Crippen molar-refractivity contribution in [3.05, 3.63) is 0 Å². The molecule has 326 valence electrons. The zero-order valence-electron chi connectivity index (χ0n) is 47.6. The van der Waals surface area contributed by atoms with E-state index >= 15 is 0 Å². The summed E-state index contributed by atoms with van der Waals surface area (Å²) in [4.78, 5) is 0. The van der Waals surface area contributed by atoms with Gasteiger partial charge in [0.15, 0.2) is 0 Å². The Kier molecular flexibility index (Phi) is 15.7. The molecule has 0 aliphatic rings. The number of rotatable bonds is 5. The highest BCUT2D eigenvalue weighted by molar-refractivity contribution is 6.80. The molecule has 0 aliphatic carbocycles. The van der Waals surface area contributed by atoms with Crippen LogP contribution in [-0.4, -0.2) is 267 Å². The smallest absolute Gasteiger partial charge is 0.112 e. The average molecular weight is 1040 g/mol. The first-order valence-electron chi connectivity index (χ1n) is 26.6. The fourth-order valence-electron chi connectivity index (χ4n) is 13.5. The third-order valence-corrected chi connectivity index (χ3v) is 18.1. The van der Waals surface area contributed by atoms with Crippen LogP contribution in [-0.2, 0) is 0 Å². The molecule has 0 fully saturated rings. The lowest BCUT2D eigenvalue weighted by atomic mass is 9.54. The number of benzene rings is 12. The van der Waals surface area contributed by atoms with Crippen LogP contribution < -0.4 is 186 Å². The lowest BCUT2D eigenvalue weighted by Crippen LogP contribution is -2.56. The summed E-state index contributed by atoms with van der Waals surface area (Å²) in [6.07, 6.45) is 0. The summed E-state index contributed by atoms with van der Waals surface area (Å²) in [5.41, 5.74) is -6.59. The van der Waals surface area contributed by atoms with Gasteiger partial charge in [-0.05, 0) is 120 Å². The van der Waals surface area contributed by atoms with Gasteiger partial charge in [-0.2, -0.15) is 0 Å². The third kappa shape index (κ3) is 8.05. The Morgan fingerprint density at radius 2 is 0.167 bits per heavy atom. The molecule has 0 heterocycles. The summed E-state index contributed by atoms with van der Waals surface area (Å²) in [6.45, 7) is 0. The van der Waals surface area contributed by atoms with Gasteiger partial charge in [0.1, 0.15) is 267 Å². The van der Waals surface area contributed by atoms with Crippen molar-refractivity contribution in [3.63, 3.8) is 0 Å². The summed E-state index contributed by atoms with van der Waals surface area (Å²) < 4.78 is 0. The Hall–Kier alpha value is -5.07. The molecule has 0 aromatic heterocycles. The zero-order chi connectivity index (χ0) is 66.3. The van der Waals surface area contributed by atoms with E-state index in [0.29, 0.717) is 0 Å². The van der Waals surface area contributed by atoms with Gasteiger partial charge in [-0.15, -0.1) is 32.8 Å². The highest BCUT2D eigenvalue weighted by atomic mass is 14.3. The van der Waals surface area contributed by atoms with E-state index in [9.17, 15) is 0 Å². The lowest BCUT2D eigenvalue weighted by Gasteiger charge is -2.34. The second kappa shape index (κ2) is 21.7. The molecule has 90 heavy (non-hydrogen) atoms. The monoisotopic (exact) mass is 1050 g/mol. The van der Waals surface area contributed by atoms with E-state index < -0.39 is 0 Å². The van der Waals surface area contributed by atoms with Gasteiger partial charge in [0.05, 0.1) is 0 Å². The molecule has 68 radical (unpaired) electrons. The van der Waals surface area contributed by atoms with Crippen molar-refractivity contribution in [2.24, 2.45) is 0 Å². The van der Waals surface area contributed by atoms with E-state index in [0.717, 1.165) is 0 Å². The molecule has 0 spiro atoms. The number of hydrogen-bond acceptors (Lipinski definition) is 0. The minimum Gasteiger partial charge on any atom is -0.112 e. The van der Waals surface area contributed by atoms with Gasteiger partial charge in [0.25, 0.3) is 0 Å². The molecule has 0 aliphatic heterocycles. The number of hydrogen-bond donors (Lipinski definition) is 0. The summed E-state index contributed by atoms with van der Waals surface area (Å²) in [5.74, 6) is 0. The molecule has 12 aromatic rings. The largest absolute Gasteiger partial charge is 0.115 e. The molecule has 0 saturated heterocycles. The van der Waals surface area contributed by atoms with Crippen molar-refractivity contribution >= 4 is 517 Å². The molecular formula is C56B34. The van der Waals surface area contributed by atoms with Crippen molar-refractivity contribution in [1.29, 1.82) is 0 Å². The Balaban J connectivity index is 1.16. The molecular weight excluding hydrogens is 1040 g/mol. The van der Waals surface area contributed by atoms with Crippen LogP contribution >= 0.6 is 0 Å². The van der Waals surface area contributed by atoms with Crippen LogP contribution in [0.1, 0.15) is 0 Å². The standard InChI is InChI=1S/C56B34/c57-23-16(8-5-1-2-6(26(60)32(66)11(1)33(67)28(8)62)10(30(64)34(68)12(2)31(65)25(5)59)18-47(81)54(88)56(90)55(89)48(18)82)45(79)52(86)49(83)19(23)21-39(73)41(75)22(42(76)40(21)74)20-24(58)17(46(80)53(87)50(20)84)9-7-3-4-14(36(70)27(7)61)43(77)51(85)44(78)15(4)38(72)37(71)13(3)35(69)29(9)63. The Morgan fingerprint density at radius 3 is 0.400 bits per heavy atom. The zero-order valence-corrected chi connectivity index (χ0v) is 47.6. The van der Waals surface area contributed by atoms with Gasteiger partial charge in [-0.25, -0.2) is 0 Å². The SMILES string of the molecule is [B]c1c([B])c([B])c(-c2c([B])c([B])c3c([B])c([B])c4c(-c5c([B])c([B])c([B])c(-c6c([B])c([B])c(-c7c([B])c([B])c([B])c(-c8c([B])c([B])c9c([B])c([B])c%10c([B])c([B])c([B])c%11c([B])c([B])c8c9c%10%11)c7[B])c([B])c6[B])c5[B])c([B])c([B])c5c([B])c([B])c2c3c54)c([B])c1[B]. The lowest BCUT2D eigenvalue weighted by molar-refractivity contribution is 1.80. The quantitative estimate of drug-likeness (QED) is 0.119. The maximum absolute atomic E-state index is 7.35. The predicted octanol–water partition coefficient (Wildman–Crippen LogP) is -25.2. The van der Waals surface area contributed by atoms with Gasteiger partial charge in [-0.3, -0.25) is 0 Å². The first-order valence-corrected chi connectivity index (χ1v) is 26.6. The van der Waals surface area contributed by atoms with Crippen molar-refractivity contribution in [2.75, 3.05) is 0 Å². The van der Waals surface area contributed by atoms with Crippen molar-refractivity contribution < 1.29 is 0 Å². The maximum Gasteiger partial charge on any atom is 0.115 e. The van der Waals surface area contributed by atoms with E-state index in [1.54, 1.807) is 0 Å². The Labute approximate surface area is 568 Å². The predicted molar refractivity (Wildman–Crippen MR) is 424 cm³/mol. The van der Waals surface area contributed by atoms with Crippen LogP contribution in [0.25, 0.3) is 120 Å². The third-order valence-electron chi connectivity index (χ3n) is 18.1. The van der Waals surface area contributed by atoms with E-state index in [-0.39, 0.29) is 306 Å². The second-order valence-electron chi connectivity index (χ2n) is 22.3. The van der Waals surface area contributed by atoms with Crippen LogP contribution in [0.4, 0.5) is 0 Å². The van der Waals surface area contributed by atoms with E-state index in [2.05, 4.69) is 0 Å². The second-order valence-corrected chi connectivity index (χ2v) is 22.3. The summed E-state index contributed by atoms with van der Waals surface area (Å²) in [5, 5.41) is 1.89. The highest BCUT2D eigenvalue weighted by Crippen LogP contribution is 2.37. The van der Waals surface area contributed by atoms with Gasteiger partial charge < -0.3 is 0 Å². The van der Waals surface area contributed by atoms with E-state index in [1.165, 1.54) is 0 Å². The van der Waals surface area contributed by atoms with Gasteiger partial charge in [-0.1, -0.05) is 153 Å². The van der Waals surface area contributed by atoms with Crippen LogP contribution in [0.2, 0.25) is 0 Å². The van der Waals surface area contributed by atoms with Crippen LogP contribution in [0.15, 0.2) is 0 Å². The van der Waals surface area contributed by atoms with Crippen LogP contribution in [0, 0.1) is 0 Å². The van der Waals surface area contributed by atoms with Gasteiger partial charge >= 0.3 is 0 Å². The van der Waals surface area contributed by atoms with E-state index in [4.69, 9.17) is 267 Å². The molecule has 0 N–H and O–H groups in total.